The fourth-order valence-electron chi connectivity index (χ4n) is 2.64. The fourth-order valence-corrected chi connectivity index (χ4v) is 2.74. The lowest BCUT2D eigenvalue weighted by molar-refractivity contribution is 0.263. The SMILES string of the molecule is CN(CCCC(C)(C)C(N)=S)CC1CCCC1. The van der Waals surface area contributed by atoms with Gasteiger partial charge in [-0.15, -0.1) is 0 Å². The molecule has 1 saturated carbocycles. The van der Waals surface area contributed by atoms with E-state index in [9.17, 15) is 0 Å². The van der Waals surface area contributed by atoms with E-state index < -0.39 is 0 Å². The van der Waals surface area contributed by atoms with Crippen LogP contribution < -0.4 is 5.73 Å². The van der Waals surface area contributed by atoms with Gasteiger partial charge in [-0.05, 0) is 45.2 Å². The van der Waals surface area contributed by atoms with E-state index in [1.54, 1.807) is 0 Å². The maximum atomic E-state index is 5.74. The average molecular weight is 256 g/mol. The number of hydrogen-bond donors (Lipinski definition) is 1. The predicted molar refractivity (Wildman–Crippen MR) is 79.3 cm³/mol. The van der Waals surface area contributed by atoms with Crippen molar-refractivity contribution in [2.75, 3.05) is 20.1 Å². The van der Waals surface area contributed by atoms with Crippen LogP contribution in [-0.4, -0.2) is 30.0 Å². The highest BCUT2D eigenvalue weighted by atomic mass is 32.1. The maximum absolute atomic E-state index is 5.74. The Morgan fingerprint density at radius 2 is 1.94 bits per heavy atom. The van der Waals surface area contributed by atoms with Gasteiger partial charge in [-0.25, -0.2) is 0 Å². The summed E-state index contributed by atoms with van der Waals surface area (Å²) in [5.41, 5.74) is 5.75. The van der Waals surface area contributed by atoms with E-state index in [4.69, 9.17) is 18.0 Å². The van der Waals surface area contributed by atoms with Crippen LogP contribution in [-0.2, 0) is 0 Å². The summed E-state index contributed by atoms with van der Waals surface area (Å²) in [5.74, 6) is 0.948. The molecule has 0 amide bonds. The molecule has 1 aliphatic carbocycles. The summed E-state index contributed by atoms with van der Waals surface area (Å²) in [7, 11) is 2.24. The molecule has 0 aromatic carbocycles. The molecule has 0 aromatic rings. The number of hydrogen-bond acceptors (Lipinski definition) is 2. The zero-order valence-electron chi connectivity index (χ0n) is 11.7. The van der Waals surface area contributed by atoms with Gasteiger partial charge in [-0.2, -0.15) is 0 Å². The van der Waals surface area contributed by atoms with Gasteiger partial charge in [0.1, 0.15) is 0 Å². The smallest absolute Gasteiger partial charge is 0.0784 e. The first-order valence-electron chi connectivity index (χ1n) is 6.90. The van der Waals surface area contributed by atoms with Crippen LogP contribution in [0, 0.1) is 11.3 Å². The van der Waals surface area contributed by atoms with E-state index >= 15 is 0 Å². The van der Waals surface area contributed by atoms with E-state index in [0.29, 0.717) is 4.99 Å². The number of nitrogens with two attached hydrogens (primary N) is 1. The van der Waals surface area contributed by atoms with Crippen LogP contribution in [0.3, 0.4) is 0 Å². The molecule has 0 saturated heterocycles. The molecular formula is C14H28N2S. The Bertz CT molecular complexity index is 245. The molecule has 0 unspecified atom stereocenters. The highest BCUT2D eigenvalue weighted by Gasteiger charge is 2.21. The summed E-state index contributed by atoms with van der Waals surface area (Å²) in [6.45, 7) is 6.73. The van der Waals surface area contributed by atoms with Crippen LogP contribution in [0.2, 0.25) is 0 Å². The second-order valence-corrected chi connectivity index (χ2v) is 6.70. The lowest BCUT2D eigenvalue weighted by Gasteiger charge is -2.25. The number of nitrogens with zero attached hydrogens (tertiary/aromatic N) is 1. The fraction of sp³-hybridized carbons (Fsp3) is 0.929. The molecule has 0 spiro atoms. The van der Waals surface area contributed by atoms with Crippen molar-refractivity contribution in [3.8, 4) is 0 Å². The van der Waals surface area contributed by atoms with Gasteiger partial charge >= 0.3 is 0 Å². The van der Waals surface area contributed by atoms with E-state index in [1.165, 1.54) is 45.2 Å². The molecule has 100 valence electrons. The third kappa shape index (κ3) is 5.35. The Morgan fingerprint density at radius 1 is 1.35 bits per heavy atom. The van der Waals surface area contributed by atoms with E-state index in [1.807, 2.05) is 0 Å². The van der Waals surface area contributed by atoms with Crippen molar-refractivity contribution in [3.05, 3.63) is 0 Å². The van der Waals surface area contributed by atoms with Gasteiger partial charge in [0, 0.05) is 12.0 Å². The van der Waals surface area contributed by atoms with Crippen LogP contribution in [0.4, 0.5) is 0 Å². The minimum Gasteiger partial charge on any atom is -0.393 e. The normalized spacial score (nSPS) is 17.9. The third-order valence-corrected chi connectivity index (χ3v) is 4.61. The molecule has 1 fully saturated rings. The maximum Gasteiger partial charge on any atom is 0.0784 e. The van der Waals surface area contributed by atoms with Crippen LogP contribution in [0.5, 0.6) is 0 Å². The first-order chi connectivity index (χ1) is 7.92. The standard InChI is InChI=1S/C14H28N2S/c1-14(2,13(15)17)9-6-10-16(3)11-12-7-4-5-8-12/h12H,4-11H2,1-3H3,(H2,15,17). The summed E-state index contributed by atoms with van der Waals surface area (Å²) in [5, 5.41) is 0. The largest absolute Gasteiger partial charge is 0.393 e. The Morgan fingerprint density at radius 3 is 2.47 bits per heavy atom. The van der Waals surface area contributed by atoms with Crippen LogP contribution in [0.25, 0.3) is 0 Å². The molecule has 0 radical (unpaired) electrons. The molecular weight excluding hydrogens is 228 g/mol. The lowest BCUT2D eigenvalue weighted by atomic mass is 9.88. The molecule has 1 rings (SSSR count). The van der Waals surface area contributed by atoms with E-state index in [-0.39, 0.29) is 5.41 Å². The van der Waals surface area contributed by atoms with Crippen molar-refractivity contribution < 1.29 is 0 Å². The first kappa shape index (κ1) is 14.9. The van der Waals surface area contributed by atoms with E-state index in [2.05, 4.69) is 25.8 Å². The molecule has 0 heterocycles. The summed E-state index contributed by atoms with van der Waals surface area (Å²) < 4.78 is 0. The van der Waals surface area contributed by atoms with Crippen molar-refractivity contribution in [2.45, 2.75) is 52.4 Å². The Labute approximate surface area is 112 Å². The van der Waals surface area contributed by atoms with Gasteiger partial charge in [-0.3, -0.25) is 0 Å². The van der Waals surface area contributed by atoms with Gasteiger partial charge in [0.15, 0.2) is 0 Å². The topological polar surface area (TPSA) is 29.3 Å². The zero-order valence-corrected chi connectivity index (χ0v) is 12.5. The number of thiocarbonyl (C=S) groups is 1. The Hall–Kier alpha value is -0.150. The molecule has 0 bridgehead atoms. The molecule has 1 aliphatic rings. The summed E-state index contributed by atoms with van der Waals surface area (Å²) in [6, 6.07) is 0. The van der Waals surface area contributed by atoms with Crippen molar-refractivity contribution in [1.82, 2.24) is 4.90 Å². The van der Waals surface area contributed by atoms with Gasteiger partial charge < -0.3 is 10.6 Å². The molecule has 17 heavy (non-hydrogen) atoms. The minimum absolute atomic E-state index is 0.0174. The van der Waals surface area contributed by atoms with Crippen LogP contribution >= 0.6 is 12.2 Å². The minimum atomic E-state index is 0.0174. The molecule has 0 aromatic heterocycles. The Kier molecular flexibility index (Phi) is 5.87. The highest BCUT2D eigenvalue weighted by Crippen LogP contribution is 2.26. The quantitative estimate of drug-likeness (QED) is 0.709. The first-order valence-corrected chi connectivity index (χ1v) is 7.31. The molecule has 3 heteroatoms. The summed E-state index contributed by atoms with van der Waals surface area (Å²) >= 11 is 5.09. The van der Waals surface area contributed by atoms with Gasteiger partial charge in [0.05, 0.1) is 4.99 Å². The summed E-state index contributed by atoms with van der Waals surface area (Å²) in [6.07, 6.45) is 8.02. The molecule has 2 N–H and O–H groups in total. The molecule has 0 atom stereocenters. The second-order valence-electron chi connectivity index (χ2n) is 6.26. The average Bonchev–Trinajstić information content (AvgIpc) is 2.69. The van der Waals surface area contributed by atoms with Gasteiger partial charge in [0.25, 0.3) is 0 Å². The Balaban J connectivity index is 2.15. The predicted octanol–water partition coefficient (Wildman–Crippen LogP) is 3.20. The van der Waals surface area contributed by atoms with E-state index in [0.717, 1.165) is 12.3 Å². The second kappa shape index (κ2) is 6.69. The lowest BCUT2D eigenvalue weighted by Crippen LogP contribution is -2.31. The highest BCUT2D eigenvalue weighted by molar-refractivity contribution is 7.80. The van der Waals surface area contributed by atoms with Crippen molar-refractivity contribution >= 4 is 17.2 Å². The van der Waals surface area contributed by atoms with Gasteiger partial charge in [-0.1, -0.05) is 38.9 Å². The van der Waals surface area contributed by atoms with Crippen LogP contribution in [0.1, 0.15) is 52.4 Å². The van der Waals surface area contributed by atoms with Gasteiger partial charge in [0.2, 0.25) is 0 Å². The zero-order chi connectivity index (χ0) is 12.9. The van der Waals surface area contributed by atoms with Crippen LogP contribution in [0.15, 0.2) is 0 Å². The number of rotatable bonds is 7. The summed E-state index contributed by atoms with van der Waals surface area (Å²) in [4.78, 5) is 3.13. The monoisotopic (exact) mass is 256 g/mol. The van der Waals surface area contributed by atoms with Crippen molar-refractivity contribution in [1.29, 1.82) is 0 Å². The van der Waals surface area contributed by atoms with Crippen molar-refractivity contribution in [3.63, 3.8) is 0 Å². The third-order valence-electron chi connectivity index (χ3n) is 4.05. The molecule has 0 aliphatic heterocycles. The molecule has 2 nitrogen and oxygen atoms in total. The van der Waals surface area contributed by atoms with Crippen molar-refractivity contribution in [2.24, 2.45) is 17.1 Å².